The van der Waals surface area contributed by atoms with Crippen molar-refractivity contribution < 1.29 is 38.1 Å². The molecule has 1 aliphatic rings. The standard InChI is InChI=1S/C25H32N2O8S2/c1-25(17(11-23(31)35-5)15(24(37)27-25)7-9-21(29)33-3)12-18-16(10-22(30)34-4)14(19(13-36)26-18)6-8-20(28)32-2/h13,26H,6-12H2,1-5H3,(H,27,37). The lowest BCUT2D eigenvalue weighted by Gasteiger charge is -2.29. The zero-order valence-electron chi connectivity index (χ0n) is 21.6. The largest absolute Gasteiger partial charge is 0.469 e. The van der Waals surface area contributed by atoms with E-state index in [1.807, 2.05) is 6.92 Å². The van der Waals surface area contributed by atoms with Gasteiger partial charge in [-0.3, -0.25) is 19.2 Å². The molecule has 0 radical (unpaired) electrons. The van der Waals surface area contributed by atoms with E-state index in [0.717, 1.165) is 5.56 Å². The molecule has 2 N–H and O–H groups in total. The molecule has 1 atom stereocenters. The van der Waals surface area contributed by atoms with Crippen LogP contribution in [0, 0.1) is 0 Å². The minimum atomic E-state index is -0.842. The topological polar surface area (TPSA) is 133 Å². The smallest absolute Gasteiger partial charge is 0.310 e. The van der Waals surface area contributed by atoms with Crippen LogP contribution < -0.4 is 5.32 Å². The van der Waals surface area contributed by atoms with Crippen LogP contribution in [0.5, 0.6) is 0 Å². The molecule has 1 aromatic heterocycles. The van der Waals surface area contributed by atoms with Gasteiger partial charge in [0.25, 0.3) is 0 Å². The van der Waals surface area contributed by atoms with Crippen LogP contribution in [0.3, 0.4) is 0 Å². The molecule has 12 heteroatoms. The second-order valence-corrected chi connectivity index (χ2v) is 9.31. The predicted octanol–water partition coefficient (Wildman–Crippen LogP) is 2.23. The summed E-state index contributed by atoms with van der Waals surface area (Å²) in [6.45, 7) is 1.89. The van der Waals surface area contributed by atoms with Gasteiger partial charge in [0.05, 0.1) is 52.5 Å². The van der Waals surface area contributed by atoms with Gasteiger partial charge in [0.15, 0.2) is 0 Å². The Kier molecular flexibility index (Phi) is 10.9. The lowest BCUT2D eigenvalue weighted by Crippen LogP contribution is -2.44. The second kappa shape index (κ2) is 13.4. The Labute approximate surface area is 226 Å². The molecule has 0 fully saturated rings. The third-order valence-electron chi connectivity index (χ3n) is 6.39. The van der Waals surface area contributed by atoms with Crippen molar-refractivity contribution in [2.45, 2.75) is 57.4 Å². The van der Waals surface area contributed by atoms with E-state index in [9.17, 15) is 19.2 Å². The van der Waals surface area contributed by atoms with Crippen molar-refractivity contribution >= 4 is 58.7 Å². The Bertz CT molecular complexity index is 1120. The molecular formula is C25H32N2O8S2. The lowest BCUT2D eigenvalue weighted by atomic mass is 9.83. The van der Waals surface area contributed by atoms with E-state index in [4.69, 9.17) is 43.4 Å². The van der Waals surface area contributed by atoms with Gasteiger partial charge >= 0.3 is 23.9 Å². The van der Waals surface area contributed by atoms with Crippen molar-refractivity contribution in [3.63, 3.8) is 0 Å². The quantitative estimate of drug-likeness (QED) is 0.212. The predicted molar refractivity (Wildman–Crippen MR) is 142 cm³/mol. The normalized spacial score (nSPS) is 16.7. The minimum Gasteiger partial charge on any atom is -0.469 e. The summed E-state index contributed by atoms with van der Waals surface area (Å²) < 4.78 is 19.3. The number of H-pyrrole nitrogens is 1. The molecule has 1 unspecified atom stereocenters. The fourth-order valence-corrected chi connectivity index (χ4v) is 5.09. The molecule has 0 aliphatic carbocycles. The number of carbonyl (C=O) groups excluding carboxylic acids is 4. The molecule has 0 spiro atoms. The molecule has 0 bridgehead atoms. The molecule has 0 saturated heterocycles. The fourth-order valence-electron chi connectivity index (χ4n) is 4.44. The van der Waals surface area contributed by atoms with E-state index >= 15 is 0 Å². The molecule has 0 saturated carbocycles. The number of carbonyl (C=O) groups is 4. The van der Waals surface area contributed by atoms with Crippen molar-refractivity contribution in [3.05, 3.63) is 33.7 Å². The van der Waals surface area contributed by atoms with Gasteiger partial charge < -0.3 is 29.2 Å². The van der Waals surface area contributed by atoms with E-state index in [1.165, 1.54) is 33.8 Å². The second-order valence-electron chi connectivity index (χ2n) is 8.67. The summed E-state index contributed by atoms with van der Waals surface area (Å²) in [4.78, 5) is 52.0. The number of aromatic nitrogens is 1. The summed E-state index contributed by atoms with van der Waals surface area (Å²) in [5.74, 6) is -1.70. The number of nitrogens with one attached hydrogen (secondary N) is 2. The average Bonchev–Trinajstić information content (AvgIpc) is 3.32. The molecular weight excluding hydrogens is 520 g/mol. The summed E-state index contributed by atoms with van der Waals surface area (Å²) in [6, 6.07) is 0. The molecule has 10 nitrogen and oxygen atoms in total. The first-order valence-electron chi connectivity index (χ1n) is 11.5. The highest BCUT2D eigenvalue weighted by Crippen LogP contribution is 2.37. The van der Waals surface area contributed by atoms with Crippen molar-refractivity contribution in [1.82, 2.24) is 10.3 Å². The molecule has 0 aromatic carbocycles. The zero-order chi connectivity index (χ0) is 27.8. The number of thiocarbonyl (C=S) groups is 2. The third-order valence-corrected chi connectivity index (χ3v) is 6.98. The van der Waals surface area contributed by atoms with Gasteiger partial charge in [-0.2, -0.15) is 0 Å². The van der Waals surface area contributed by atoms with Gasteiger partial charge in [0.1, 0.15) is 4.99 Å². The fraction of sp³-hybridized carbons (Fsp3) is 0.520. The summed E-state index contributed by atoms with van der Waals surface area (Å²) in [5, 5.41) is 4.76. The van der Waals surface area contributed by atoms with Crippen LogP contribution in [0.4, 0.5) is 0 Å². The number of ether oxygens (including phenoxy) is 4. The third kappa shape index (κ3) is 7.45. The van der Waals surface area contributed by atoms with Crippen molar-refractivity contribution in [2.75, 3.05) is 28.4 Å². The Morgan fingerprint density at radius 2 is 1.38 bits per heavy atom. The first kappa shape index (κ1) is 30.1. The van der Waals surface area contributed by atoms with Crippen LogP contribution in [0.2, 0.25) is 0 Å². The summed E-state index contributed by atoms with van der Waals surface area (Å²) in [6.07, 6.45) is 0.986. The Balaban J connectivity index is 2.57. The van der Waals surface area contributed by atoms with E-state index in [0.29, 0.717) is 45.9 Å². The van der Waals surface area contributed by atoms with Gasteiger partial charge in [0.2, 0.25) is 0 Å². The van der Waals surface area contributed by atoms with E-state index in [2.05, 4.69) is 10.3 Å². The highest BCUT2D eigenvalue weighted by Gasteiger charge is 2.41. The van der Waals surface area contributed by atoms with Gasteiger partial charge in [-0.1, -0.05) is 24.4 Å². The first-order valence-corrected chi connectivity index (χ1v) is 12.4. The molecule has 1 aromatic rings. The molecule has 37 heavy (non-hydrogen) atoms. The van der Waals surface area contributed by atoms with Crippen LogP contribution in [-0.2, 0) is 57.4 Å². The molecule has 2 rings (SSSR count). The Hall–Kier alpha value is -3.12. The van der Waals surface area contributed by atoms with Crippen LogP contribution >= 0.6 is 24.4 Å². The Morgan fingerprint density at radius 3 is 1.92 bits per heavy atom. The van der Waals surface area contributed by atoms with Crippen molar-refractivity contribution in [2.24, 2.45) is 0 Å². The van der Waals surface area contributed by atoms with Gasteiger partial charge in [0, 0.05) is 30.3 Å². The maximum atomic E-state index is 12.3. The maximum absolute atomic E-state index is 12.3. The SMILES string of the molecule is COC(=O)CCC1=C(CC(=O)OC)C(C)(Cc2[nH]c(C=S)c(CCC(=O)OC)c2CC(=O)OC)NC1=S. The monoisotopic (exact) mass is 552 g/mol. The van der Waals surface area contributed by atoms with Crippen molar-refractivity contribution in [3.8, 4) is 0 Å². The minimum absolute atomic E-state index is 0.0428. The van der Waals surface area contributed by atoms with E-state index in [1.54, 1.807) is 0 Å². The average molecular weight is 553 g/mol. The lowest BCUT2D eigenvalue weighted by molar-refractivity contribution is -0.141. The van der Waals surface area contributed by atoms with E-state index < -0.39 is 29.4 Å². The summed E-state index contributed by atoms with van der Waals surface area (Å²) in [5.41, 5.74) is 3.17. The molecule has 202 valence electrons. The highest BCUT2D eigenvalue weighted by atomic mass is 32.1. The van der Waals surface area contributed by atoms with Crippen LogP contribution in [-0.4, -0.2) is 73.2 Å². The summed E-state index contributed by atoms with van der Waals surface area (Å²) >= 11 is 10.8. The van der Waals surface area contributed by atoms with Crippen molar-refractivity contribution in [1.29, 1.82) is 0 Å². The van der Waals surface area contributed by atoms with Gasteiger partial charge in [-0.05, 0) is 42.0 Å². The zero-order valence-corrected chi connectivity index (χ0v) is 23.2. The number of hydrogen-bond donors (Lipinski definition) is 2. The number of hydrogen-bond acceptors (Lipinski definition) is 10. The van der Waals surface area contributed by atoms with Crippen LogP contribution in [0.15, 0.2) is 11.1 Å². The first-order chi connectivity index (χ1) is 17.5. The van der Waals surface area contributed by atoms with Crippen LogP contribution in [0.25, 0.3) is 0 Å². The molecule has 1 aliphatic heterocycles. The van der Waals surface area contributed by atoms with Gasteiger partial charge in [-0.15, -0.1) is 0 Å². The number of methoxy groups -OCH3 is 4. The summed E-state index contributed by atoms with van der Waals surface area (Å²) in [7, 11) is 5.21. The van der Waals surface area contributed by atoms with E-state index in [-0.39, 0.29) is 32.1 Å². The number of esters is 4. The Morgan fingerprint density at radius 1 is 0.838 bits per heavy atom. The maximum Gasteiger partial charge on any atom is 0.310 e. The molecule has 2 heterocycles. The van der Waals surface area contributed by atoms with Gasteiger partial charge in [-0.25, -0.2) is 0 Å². The van der Waals surface area contributed by atoms with Crippen LogP contribution in [0.1, 0.15) is 55.1 Å². The highest BCUT2D eigenvalue weighted by molar-refractivity contribution is 7.80. The molecule has 0 amide bonds. The number of aromatic amines is 1. The number of rotatable bonds is 13.